The highest BCUT2D eigenvalue weighted by atomic mass is 16.5. The Bertz CT molecular complexity index is 483. The minimum atomic E-state index is -0.383. The number of ether oxygens (including phenoxy) is 1. The molecule has 3 rings (SSSR count). The van der Waals surface area contributed by atoms with Crippen LogP contribution in [0.5, 0.6) is 0 Å². The zero-order chi connectivity index (χ0) is 13.3. The quantitative estimate of drug-likeness (QED) is 0.876. The number of hydrogen-bond acceptors (Lipinski definition) is 3. The molecule has 4 nitrogen and oxygen atoms in total. The molecule has 4 heteroatoms. The van der Waals surface area contributed by atoms with E-state index >= 15 is 0 Å². The van der Waals surface area contributed by atoms with Crippen molar-refractivity contribution in [2.75, 3.05) is 11.9 Å². The average Bonchev–Trinajstić information content (AvgIpc) is 2.37. The molecule has 3 N–H and O–H groups in total. The van der Waals surface area contributed by atoms with E-state index in [1.54, 1.807) is 6.07 Å². The first-order chi connectivity index (χ1) is 9.17. The maximum Gasteiger partial charge on any atom is 0.248 e. The smallest absolute Gasteiger partial charge is 0.248 e. The minimum Gasteiger partial charge on any atom is -0.382 e. The lowest BCUT2D eigenvalue weighted by Crippen LogP contribution is -2.49. The molecule has 1 atom stereocenters. The van der Waals surface area contributed by atoms with Gasteiger partial charge in [0.05, 0.1) is 5.60 Å². The summed E-state index contributed by atoms with van der Waals surface area (Å²) in [6.45, 7) is 0.827. The molecule has 1 aromatic rings. The molecule has 1 spiro atoms. The summed E-state index contributed by atoms with van der Waals surface area (Å²) < 4.78 is 5.92. The number of nitrogens with one attached hydrogen (secondary N) is 1. The van der Waals surface area contributed by atoms with Crippen molar-refractivity contribution in [2.24, 2.45) is 5.73 Å². The molecule has 1 aliphatic carbocycles. The predicted octanol–water partition coefficient (Wildman–Crippen LogP) is 2.30. The van der Waals surface area contributed by atoms with Gasteiger partial charge in [-0.05, 0) is 50.3 Å². The third kappa shape index (κ3) is 2.59. The highest BCUT2D eigenvalue weighted by Gasteiger charge is 2.42. The van der Waals surface area contributed by atoms with Gasteiger partial charge >= 0.3 is 0 Å². The zero-order valence-electron chi connectivity index (χ0n) is 11.0. The number of anilines is 1. The Kier molecular flexibility index (Phi) is 3.19. The first-order valence-corrected chi connectivity index (χ1v) is 6.97. The number of hydrogen-bond donors (Lipinski definition) is 2. The Labute approximate surface area is 113 Å². The lowest BCUT2D eigenvalue weighted by molar-refractivity contribution is -0.130. The molecule has 2 aliphatic rings. The molecule has 102 valence electrons. The zero-order valence-corrected chi connectivity index (χ0v) is 11.0. The summed E-state index contributed by atoms with van der Waals surface area (Å²) in [5.41, 5.74) is 6.96. The molecule has 0 aromatic heterocycles. The van der Waals surface area contributed by atoms with Gasteiger partial charge < -0.3 is 15.8 Å². The SMILES string of the molecule is NC(=O)c1cccc(NC2CCOC3(CCC3)C2)c1. The molecule has 0 bridgehead atoms. The summed E-state index contributed by atoms with van der Waals surface area (Å²) in [4.78, 5) is 11.2. The summed E-state index contributed by atoms with van der Waals surface area (Å²) in [6.07, 6.45) is 5.74. The number of nitrogens with two attached hydrogens (primary N) is 1. The molecule has 1 aliphatic heterocycles. The second-order valence-electron chi connectivity index (χ2n) is 5.66. The minimum absolute atomic E-state index is 0.136. The highest BCUT2D eigenvalue weighted by molar-refractivity contribution is 5.93. The van der Waals surface area contributed by atoms with Gasteiger partial charge in [-0.1, -0.05) is 6.07 Å². The molecule has 0 radical (unpaired) electrons. The van der Waals surface area contributed by atoms with Crippen LogP contribution < -0.4 is 11.1 Å². The molecule has 1 saturated carbocycles. The Morgan fingerprint density at radius 2 is 2.26 bits per heavy atom. The Morgan fingerprint density at radius 3 is 2.95 bits per heavy atom. The van der Waals surface area contributed by atoms with Crippen LogP contribution in [-0.2, 0) is 4.74 Å². The number of amides is 1. The van der Waals surface area contributed by atoms with Crippen LogP contribution in [0.15, 0.2) is 24.3 Å². The van der Waals surface area contributed by atoms with Crippen LogP contribution in [0.25, 0.3) is 0 Å². The number of carbonyl (C=O) groups is 1. The van der Waals surface area contributed by atoms with Gasteiger partial charge in [0.2, 0.25) is 5.91 Å². The highest BCUT2D eigenvalue weighted by Crippen LogP contribution is 2.42. The van der Waals surface area contributed by atoms with Gasteiger partial charge in [0.1, 0.15) is 0 Å². The molecule has 1 saturated heterocycles. The fourth-order valence-corrected chi connectivity index (χ4v) is 3.07. The van der Waals surface area contributed by atoms with E-state index < -0.39 is 0 Å². The normalized spacial score (nSPS) is 24.7. The molecule has 2 fully saturated rings. The molecule has 1 aromatic carbocycles. The van der Waals surface area contributed by atoms with Gasteiger partial charge in [-0.2, -0.15) is 0 Å². The van der Waals surface area contributed by atoms with Crippen molar-refractivity contribution in [3.05, 3.63) is 29.8 Å². The topological polar surface area (TPSA) is 64.4 Å². The first-order valence-electron chi connectivity index (χ1n) is 6.97. The monoisotopic (exact) mass is 260 g/mol. The molecule has 1 heterocycles. The van der Waals surface area contributed by atoms with Crippen LogP contribution >= 0.6 is 0 Å². The first kappa shape index (κ1) is 12.5. The van der Waals surface area contributed by atoms with Crippen LogP contribution in [0, 0.1) is 0 Å². The second-order valence-corrected chi connectivity index (χ2v) is 5.66. The van der Waals surface area contributed by atoms with Gasteiger partial charge in [-0.3, -0.25) is 4.79 Å². The Morgan fingerprint density at radius 1 is 1.42 bits per heavy atom. The summed E-state index contributed by atoms with van der Waals surface area (Å²) >= 11 is 0. The lowest BCUT2D eigenvalue weighted by atomic mass is 9.74. The maximum absolute atomic E-state index is 11.2. The molecule has 1 unspecified atom stereocenters. The number of rotatable bonds is 3. The number of benzene rings is 1. The molecule has 19 heavy (non-hydrogen) atoms. The van der Waals surface area contributed by atoms with Crippen LogP contribution in [0.2, 0.25) is 0 Å². The Hall–Kier alpha value is -1.55. The van der Waals surface area contributed by atoms with Crippen molar-refractivity contribution < 1.29 is 9.53 Å². The van der Waals surface area contributed by atoms with Gasteiger partial charge in [-0.25, -0.2) is 0 Å². The largest absolute Gasteiger partial charge is 0.382 e. The van der Waals surface area contributed by atoms with Crippen molar-refractivity contribution in [1.29, 1.82) is 0 Å². The molecular formula is C15H20N2O2. The van der Waals surface area contributed by atoms with Gasteiger partial charge in [-0.15, -0.1) is 0 Å². The standard InChI is InChI=1S/C15H20N2O2/c16-14(18)11-3-1-4-12(9-11)17-13-5-8-19-15(10-13)6-2-7-15/h1,3-4,9,13,17H,2,5-8,10H2,(H2,16,18). The summed E-state index contributed by atoms with van der Waals surface area (Å²) in [5, 5.41) is 3.51. The van der Waals surface area contributed by atoms with Crippen molar-refractivity contribution in [1.82, 2.24) is 0 Å². The maximum atomic E-state index is 11.2. The van der Waals surface area contributed by atoms with E-state index in [0.717, 1.165) is 25.1 Å². The third-order valence-electron chi connectivity index (χ3n) is 4.28. The van der Waals surface area contributed by atoms with Crippen molar-refractivity contribution in [3.8, 4) is 0 Å². The predicted molar refractivity (Wildman–Crippen MR) is 74.1 cm³/mol. The van der Waals surface area contributed by atoms with E-state index in [4.69, 9.17) is 10.5 Å². The fourth-order valence-electron chi connectivity index (χ4n) is 3.07. The third-order valence-corrected chi connectivity index (χ3v) is 4.28. The van der Waals surface area contributed by atoms with Crippen LogP contribution in [0.3, 0.4) is 0 Å². The van der Waals surface area contributed by atoms with Crippen molar-refractivity contribution >= 4 is 11.6 Å². The van der Waals surface area contributed by atoms with E-state index in [1.807, 2.05) is 18.2 Å². The fraction of sp³-hybridized carbons (Fsp3) is 0.533. The van der Waals surface area contributed by atoms with Crippen molar-refractivity contribution in [2.45, 2.75) is 43.7 Å². The van der Waals surface area contributed by atoms with Crippen LogP contribution in [0.1, 0.15) is 42.5 Å². The van der Waals surface area contributed by atoms with Gasteiger partial charge in [0, 0.05) is 23.9 Å². The van der Waals surface area contributed by atoms with E-state index in [0.29, 0.717) is 11.6 Å². The van der Waals surface area contributed by atoms with Crippen LogP contribution in [0.4, 0.5) is 5.69 Å². The van der Waals surface area contributed by atoms with Crippen molar-refractivity contribution in [3.63, 3.8) is 0 Å². The summed E-state index contributed by atoms with van der Waals surface area (Å²) in [6, 6.07) is 7.84. The van der Waals surface area contributed by atoms with Crippen LogP contribution in [-0.4, -0.2) is 24.2 Å². The molecular weight excluding hydrogens is 240 g/mol. The van der Waals surface area contributed by atoms with Gasteiger partial charge in [0.15, 0.2) is 0 Å². The summed E-state index contributed by atoms with van der Waals surface area (Å²) in [7, 11) is 0. The number of carbonyl (C=O) groups excluding carboxylic acids is 1. The molecule has 1 amide bonds. The summed E-state index contributed by atoms with van der Waals surface area (Å²) in [5.74, 6) is -0.383. The second kappa shape index (κ2) is 4.85. The van der Waals surface area contributed by atoms with E-state index in [2.05, 4.69) is 5.32 Å². The van der Waals surface area contributed by atoms with E-state index in [-0.39, 0.29) is 11.5 Å². The number of primary amides is 1. The van der Waals surface area contributed by atoms with E-state index in [1.165, 1.54) is 19.3 Å². The lowest BCUT2D eigenvalue weighted by Gasteiger charge is -2.47. The Balaban J connectivity index is 1.67. The van der Waals surface area contributed by atoms with E-state index in [9.17, 15) is 4.79 Å². The average molecular weight is 260 g/mol. The van der Waals surface area contributed by atoms with Gasteiger partial charge in [0.25, 0.3) is 0 Å².